The van der Waals surface area contributed by atoms with Gasteiger partial charge in [0.2, 0.25) is 11.8 Å². The molecule has 0 radical (unpaired) electrons. The largest absolute Gasteiger partial charge is 0.345 e. The lowest BCUT2D eigenvalue weighted by atomic mass is 9.91. The van der Waals surface area contributed by atoms with Gasteiger partial charge in [-0.05, 0) is 12.8 Å². The third-order valence-corrected chi connectivity index (χ3v) is 4.55. The van der Waals surface area contributed by atoms with Crippen LogP contribution in [0.5, 0.6) is 0 Å². The average Bonchev–Trinajstić information content (AvgIpc) is 3.05. The van der Waals surface area contributed by atoms with Gasteiger partial charge in [-0.3, -0.25) is 9.59 Å². The van der Waals surface area contributed by atoms with E-state index in [0.717, 1.165) is 31.5 Å². The number of carbonyl (C=O) groups excluding carboxylic acids is 2. The summed E-state index contributed by atoms with van der Waals surface area (Å²) in [5, 5.41) is 2.75. The first-order valence-electron chi connectivity index (χ1n) is 7.18. The van der Waals surface area contributed by atoms with Crippen LogP contribution in [0.1, 0.15) is 31.5 Å². The molecule has 3 rings (SSSR count). The van der Waals surface area contributed by atoms with E-state index in [2.05, 4.69) is 10.3 Å². The number of hydrogen-bond acceptors (Lipinski definition) is 3. The maximum atomic E-state index is 12.3. The lowest BCUT2D eigenvalue weighted by Crippen LogP contribution is -2.66. The van der Waals surface area contributed by atoms with Crippen LogP contribution in [0.3, 0.4) is 0 Å². The van der Waals surface area contributed by atoms with Gasteiger partial charge >= 0.3 is 0 Å². The summed E-state index contributed by atoms with van der Waals surface area (Å²) in [5.74, 6) is 0.993. The second-order valence-electron chi connectivity index (χ2n) is 5.67. The smallest absolute Gasteiger partial charge is 0.246 e. The van der Waals surface area contributed by atoms with Crippen LogP contribution in [0.4, 0.5) is 0 Å². The van der Waals surface area contributed by atoms with Crippen LogP contribution in [0.2, 0.25) is 0 Å². The van der Waals surface area contributed by atoms with Crippen LogP contribution < -0.4 is 5.32 Å². The number of piperazine rings is 1. The molecular formula is C14H20N4O2. The Labute approximate surface area is 118 Å². The Hall–Kier alpha value is -1.85. The van der Waals surface area contributed by atoms with Gasteiger partial charge in [0.1, 0.15) is 11.4 Å². The maximum Gasteiger partial charge on any atom is 0.246 e. The Morgan fingerprint density at radius 1 is 1.35 bits per heavy atom. The number of aryl methyl sites for hydroxylation is 1. The number of rotatable bonds is 3. The third-order valence-electron chi connectivity index (χ3n) is 4.55. The fraction of sp³-hybridized carbons (Fsp3) is 0.643. The van der Waals surface area contributed by atoms with Gasteiger partial charge < -0.3 is 14.8 Å². The van der Waals surface area contributed by atoms with Crippen molar-refractivity contribution in [2.75, 3.05) is 13.1 Å². The molecule has 108 valence electrons. The van der Waals surface area contributed by atoms with Crippen molar-refractivity contribution < 1.29 is 9.59 Å². The van der Waals surface area contributed by atoms with Crippen molar-refractivity contribution in [1.29, 1.82) is 0 Å². The molecule has 2 aliphatic rings. The van der Waals surface area contributed by atoms with Crippen molar-refractivity contribution in [2.45, 2.75) is 37.6 Å². The number of carbonyl (C=O) groups is 2. The van der Waals surface area contributed by atoms with Crippen molar-refractivity contribution in [3.63, 3.8) is 0 Å². The van der Waals surface area contributed by atoms with Crippen LogP contribution in [0.15, 0.2) is 12.4 Å². The molecule has 2 fully saturated rings. The molecule has 1 saturated carbocycles. The van der Waals surface area contributed by atoms with Gasteiger partial charge in [-0.2, -0.15) is 0 Å². The normalized spacial score (nSPS) is 21.6. The van der Waals surface area contributed by atoms with E-state index in [9.17, 15) is 9.59 Å². The summed E-state index contributed by atoms with van der Waals surface area (Å²) in [7, 11) is 1.94. The zero-order chi connectivity index (χ0) is 14.2. The highest BCUT2D eigenvalue weighted by molar-refractivity contribution is 5.98. The highest BCUT2D eigenvalue weighted by Gasteiger charge is 2.50. The predicted octanol–water partition coefficient (Wildman–Crippen LogP) is 0.234. The molecule has 20 heavy (non-hydrogen) atoms. The van der Waals surface area contributed by atoms with Crippen LogP contribution in [0.25, 0.3) is 0 Å². The van der Waals surface area contributed by atoms with E-state index in [4.69, 9.17) is 0 Å². The summed E-state index contributed by atoms with van der Waals surface area (Å²) in [6, 6.07) is 0. The molecule has 1 aliphatic carbocycles. The fourth-order valence-electron chi connectivity index (χ4n) is 3.42. The molecule has 0 atom stereocenters. The Morgan fingerprint density at radius 3 is 2.75 bits per heavy atom. The number of nitrogens with zero attached hydrogens (tertiary/aromatic N) is 3. The van der Waals surface area contributed by atoms with Gasteiger partial charge in [0.05, 0.1) is 6.54 Å². The highest BCUT2D eigenvalue weighted by Crippen LogP contribution is 2.37. The van der Waals surface area contributed by atoms with E-state index in [1.165, 1.54) is 0 Å². The summed E-state index contributed by atoms with van der Waals surface area (Å²) in [4.78, 5) is 30.6. The number of amides is 2. The fourth-order valence-corrected chi connectivity index (χ4v) is 3.42. The standard InChI is InChI=1S/C14H20N4O2/c1-17-9-7-15-11(17)4-8-18-12(19)10-16-13(20)14(18)5-2-3-6-14/h7,9H,2-6,8,10H2,1H3,(H,16,20). The zero-order valence-corrected chi connectivity index (χ0v) is 11.8. The minimum atomic E-state index is -0.597. The molecule has 0 bridgehead atoms. The molecule has 6 nitrogen and oxygen atoms in total. The summed E-state index contributed by atoms with van der Waals surface area (Å²) >= 11 is 0. The Balaban J connectivity index is 1.79. The van der Waals surface area contributed by atoms with E-state index in [0.29, 0.717) is 13.0 Å². The molecule has 1 spiro atoms. The first kappa shape index (κ1) is 13.1. The molecule has 1 aromatic rings. The molecule has 6 heteroatoms. The zero-order valence-electron chi connectivity index (χ0n) is 11.8. The lowest BCUT2D eigenvalue weighted by Gasteiger charge is -2.43. The number of hydrogen-bond donors (Lipinski definition) is 1. The summed E-state index contributed by atoms with van der Waals surface area (Å²) < 4.78 is 1.95. The number of imidazole rings is 1. The SMILES string of the molecule is Cn1ccnc1CCN1C(=O)CNC(=O)C12CCCC2. The minimum Gasteiger partial charge on any atom is -0.345 e. The van der Waals surface area contributed by atoms with Crippen molar-refractivity contribution in [3.05, 3.63) is 18.2 Å². The number of aromatic nitrogens is 2. The monoisotopic (exact) mass is 276 g/mol. The van der Waals surface area contributed by atoms with E-state index in [-0.39, 0.29) is 18.4 Å². The molecular weight excluding hydrogens is 256 g/mol. The molecule has 0 unspecified atom stereocenters. The molecule has 1 N–H and O–H groups in total. The Bertz CT molecular complexity index is 531. The molecule has 1 aromatic heterocycles. The molecule has 1 aliphatic heterocycles. The van der Waals surface area contributed by atoms with Crippen molar-refractivity contribution in [1.82, 2.24) is 19.8 Å². The van der Waals surface area contributed by atoms with Crippen LogP contribution in [-0.2, 0) is 23.1 Å². The number of nitrogens with one attached hydrogen (secondary N) is 1. The average molecular weight is 276 g/mol. The van der Waals surface area contributed by atoms with Gasteiger partial charge in [0, 0.05) is 32.4 Å². The van der Waals surface area contributed by atoms with E-state index < -0.39 is 5.54 Å². The Kier molecular flexibility index (Phi) is 3.23. The van der Waals surface area contributed by atoms with Crippen LogP contribution >= 0.6 is 0 Å². The summed E-state index contributed by atoms with van der Waals surface area (Å²) in [5.41, 5.74) is -0.597. The van der Waals surface area contributed by atoms with Gasteiger partial charge in [0.15, 0.2) is 0 Å². The van der Waals surface area contributed by atoms with Crippen molar-refractivity contribution in [3.8, 4) is 0 Å². The van der Waals surface area contributed by atoms with Gasteiger partial charge in [-0.15, -0.1) is 0 Å². The summed E-state index contributed by atoms with van der Waals surface area (Å²) in [6.45, 7) is 0.693. The Morgan fingerprint density at radius 2 is 2.10 bits per heavy atom. The van der Waals surface area contributed by atoms with Crippen LogP contribution in [-0.4, -0.2) is 44.9 Å². The minimum absolute atomic E-state index is 0.0226. The second kappa shape index (κ2) is 4.92. The molecule has 2 amide bonds. The van der Waals surface area contributed by atoms with E-state index in [1.807, 2.05) is 17.8 Å². The topological polar surface area (TPSA) is 67.2 Å². The van der Waals surface area contributed by atoms with Crippen molar-refractivity contribution in [2.24, 2.45) is 7.05 Å². The second-order valence-corrected chi connectivity index (χ2v) is 5.67. The first-order valence-corrected chi connectivity index (χ1v) is 7.18. The lowest BCUT2D eigenvalue weighted by molar-refractivity contribution is -0.153. The quantitative estimate of drug-likeness (QED) is 0.859. The third kappa shape index (κ3) is 1.99. The van der Waals surface area contributed by atoms with Crippen LogP contribution in [0, 0.1) is 0 Å². The van der Waals surface area contributed by atoms with E-state index >= 15 is 0 Å². The highest BCUT2D eigenvalue weighted by atomic mass is 16.2. The van der Waals surface area contributed by atoms with E-state index in [1.54, 1.807) is 11.1 Å². The summed E-state index contributed by atoms with van der Waals surface area (Å²) in [6.07, 6.45) is 7.93. The van der Waals surface area contributed by atoms with Crippen molar-refractivity contribution >= 4 is 11.8 Å². The van der Waals surface area contributed by atoms with Gasteiger partial charge in [-0.25, -0.2) is 4.98 Å². The maximum absolute atomic E-state index is 12.3. The molecule has 0 aromatic carbocycles. The first-order chi connectivity index (χ1) is 9.63. The molecule has 2 heterocycles. The molecule has 1 saturated heterocycles. The van der Waals surface area contributed by atoms with Gasteiger partial charge in [0.25, 0.3) is 0 Å². The van der Waals surface area contributed by atoms with Gasteiger partial charge in [-0.1, -0.05) is 12.8 Å². The predicted molar refractivity (Wildman–Crippen MR) is 72.8 cm³/mol.